The molecule has 0 aliphatic carbocycles. The summed E-state index contributed by atoms with van der Waals surface area (Å²) in [5.41, 5.74) is 0. The van der Waals surface area contributed by atoms with E-state index in [1.54, 1.807) is 0 Å². The lowest BCUT2D eigenvalue weighted by Crippen LogP contribution is -2.48. The highest BCUT2D eigenvalue weighted by molar-refractivity contribution is 6.74. The Morgan fingerprint density at radius 2 is 1.69 bits per heavy atom. The summed E-state index contributed by atoms with van der Waals surface area (Å²) < 4.78 is 11.2. The van der Waals surface area contributed by atoms with Crippen molar-refractivity contribution < 1.29 is 19.4 Å². The van der Waals surface area contributed by atoms with Crippen LogP contribution in [0.1, 0.15) is 27.7 Å². The summed E-state index contributed by atoms with van der Waals surface area (Å²) in [4.78, 5) is 0. The summed E-state index contributed by atoms with van der Waals surface area (Å²) in [6.45, 7) is 12.5. The maximum Gasteiger partial charge on any atom is 0.192 e. The number of aliphatic hydroxyl groups is 2. The summed E-state index contributed by atoms with van der Waals surface area (Å²) in [6, 6.07) is 0. The third-order valence-electron chi connectivity index (χ3n) is 3.68. The van der Waals surface area contributed by atoms with E-state index >= 15 is 0 Å². The van der Waals surface area contributed by atoms with Gasteiger partial charge in [-0.2, -0.15) is 0 Å². The number of aliphatic hydroxyl groups excluding tert-OH is 2. The first-order chi connectivity index (χ1) is 7.06. The van der Waals surface area contributed by atoms with Gasteiger partial charge >= 0.3 is 0 Å². The van der Waals surface area contributed by atoms with Gasteiger partial charge in [-0.25, -0.2) is 0 Å². The highest BCUT2D eigenvalue weighted by Gasteiger charge is 2.47. The molecule has 0 aromatic heterocycles. The molecule has 1 aliphatic heterocycles. The molecule has 2 N–H and O–H groups in total. The molecule has 0 bridgehead atoms. The summed E-state index contributed by atoms with van der Waals surface area (Å²) in [5, 5.41) is 19.3. The maximum absolute atomic E-state index is 9.78. The maximum atomic E-state index is 9.78. The van der Waals surface area contributed by atoms with E-state index in [0.717, 1.165) is 0 Å². The van der Waals surface area contributed by atoms with E-state index in [1.807, 2.05) is 6.92 Å². The summed E-state index contributed by atoms with van der Waals surface area (Å²) in [7, 11) is -1.93. The van der Waals surface area contributed by atoms with E-state index in [1.165, 1.54) is 0 Å². The molecule has 16 heavy (non-hydrogen) atoms. The molecule has 1 fully saturated rings. The Hall–Kier alpha value is 0.0569. The topological polar surface area (TPSA) is 58.9 Å². The first-order valence-corrected chi connectivity index (χ1v) is 8.66. The fourth-order valence-corrected chi connectivity index (χ4v) is 2.87. The van der Waals surface area contributed by atoms with Crippen LogP contribution in [0.25, 0.3) is 0 Å². The Morgan fingerprint density at radius 3 is 2.00 bits per heavy atom. The van der Waals surface area contributed by atoms with Gasteiger partial charge in [0.25, 0.3) is 0 Å². The van der Waals surface area contributed by atoms with Gasteiger partial charge in [0, 0.05) is 0 Å². The van der Waals surface area contributed by atoms with Crippen molar-refractivity contribution in [2.75, 3.05) is 0 Å². The van der Waals surface area contributed by atoms with Crippen molar-refractivity contribution >= 4 is 8.32 Å². The van der Waals surface area contributed by atoms with Gasteiger partial charge in [-0.15, -0.1) is 0 Å². The van der Waals surface area contributed by atoms with E-state index < -0.39 is 26.8 Å². The highest BCUT2D eigenvalue weighted by Crippen LogP contribution is 2.39. The average molecular weight is 248 g/mol. The first-order valence-electron chi connectivity index (χ1n) is 5.75. The predicted molar refractivity (Wildman–Crippen MR) is 64.6 cm³/mol. The molecule has 0 amide bonds. The molecule has 0 saturated carbocycles. The van der Waals surface area contributed by atoms with Crippen molar-refractivity contribution in [2.24, 2.45) is 0 Å². The molecule has 4 atom stereocenters. The lowest BCUT2D eigenvalue weighted by Gasteiger charge is -2.39. The van der Waals surface area contributed by atoms with Gasteiger partial charge in [-0.05, 0) is 25.1 Å². The van der Waals surface area contributed by atoms with Crippen molar-refractivity contribution in [1.29, 1.82) is 0 Å². The third kappa shape index (κ3) is 2.65. The smallest absolute Gasteiger partial charge is 0.192 e. The second kappa shape index (κ2) is 4.38. The minimum atomic E-state index is -1.93. The fraction of sp³-hybridized carbons (Fsp3) is 1.00. The molecule has 1 rings (SSSR count). The van der Waals surface area contributed by atoms with Crippen LogP contribution < -0.4 is 0 Å². The van der Waals surface area contributed by atoms with Gasteiger partial charge in [0.2, 0.25) is 0 Å². The standard InChI is InChI=1S/C11H24O4Si/c1-7-9(8(12)10(13)14-7)15-16(5,6)11(2,3)4/h7-10,12-13H,1-6H3. The molecule has 0 aromatic carbocycles. The van der Waals surface area contributed by atoms with Crippen molar-refractivity contribution in [3.63, 3.8) is 0 Å². The van der Waals surface area contributed by atoms with Crippen LogP contribution in [0.2, 0.25) is 18.1 Å². The third-order valence-corrected chi connectivity index (χ3v) is 8.16. The second-order valence-electron chi connectivity index (χ2n) is 6.07. The number of rotatable bonds is 2. The molecule has 0 aromatic rings. The van der Waals surface area contributed by atoms with E-state index in [9.17, 15) is 10.2 Å². The summed E-state index contributed by atoms with van der Waals surface area (Å²) in [5.74, 6) is 0. The molecule has 4 nitrogen and oxygen atoms in total. The van der Waals surface area contributed by atoms with Gasteiger partial charge in [0.15, 0.2) is 14.6 Å². The number of ether oxygens (including phenoxy) is 1. The Balaban J connectivity index is 2.74. The lowest BCUT2D eigenvalue weighted by molar-refractivity contribution is -0.124. The molecule has 1 saturated heterocycles. The van der Waals surface area contributed by atoms with Crippen molar-refractivity contribution in [1.82, 2.24) is 0 Å². The molecule has 1 heterocycles. The predicted octanol–water partition coefficient (Wildman–Crippen LogP) is 1.47. The van der Waals surface area contributed by atoms with Gasteiger partial charge in [0.1, 0.15) is 12.2 Å². The van der Waals surface area contributed by atoms with Crippen LogP contribution in [0.4, 0.5) is 0 Å². The van der Waals surface area contributed by atoms with Crippen LogP contribution in [-0.4, -0.2) is 43.1 Å². The van der Waals surface area contributed by atoms with Gasteiger partial charge < -0.3 is 19.4 Å². The van der Waals surface area contributed by atoms with E-state index in [0.29, 0.717) is 0 Å². The van der Waals surface area contributed by atoms with Crippen molar-refractivity contribution in [3.05, 3.63) is 0 Å². The number of hydrogen-bond acceptors (Lipinski definition) is 4. The van der Waals surface area contributed by atoms with E-state index in [2.05, 4.69) is 33.9 Å². The Bertz CT molecular complexity index is 249. The second-order valence-corrected chi connectivity index (χ2v) is 10.8. The van der Waals surface area contributed by atoms with Crippen LogP contribution in [0.15, 0.2) is 0 Å². The van der Waals surface area contributed by atoms with Crippen LogP contribution in [0.5, 0.6) is 0 Å². The molecule has 96 valence electrons. The van der Waals surface area contributed by atoms with Crippen LogP contribution in [0, 0.1) is 0 Å². The van der Waals surface area contributed by atoms with Crippen LogP contribution in [-0.2, 0) is 9.16 Å². The number of hydrogen-bond donors (Lipinski definition) is 2. The highest BCUT2D eigenvalue weighted by atomic mass is 28.4. The van der Waals surface area contributed by atoms with Gasteiger partial charge in [-0.3, -0.25) is 0 Å². The molecule has 1 aliphatic rings. The Morgan fingerprint density at radius 1 is 1.19 bits per heavy atom. The monoisotopic (exact) mass is 248 g/mol. The zero-order valence-electron chi connectivity index (χ0n) is 11.0. The van der Waals surface area contributed by atoms with Crippen molar-refractivity contribution in [3.8, 4) is 0 Å². The van der Waals surface area contributed by atoms with Crippen LogP contribution >= 0.6 is 0 Å². The summed E-state index contributed by atoms with van der Waals surface area (Å²) >= 11 is 0. The van der Waals surface area contributed by atoms with E-state index in [4.69, 9.17) is 9.16 Å². The molecule has 4 unspecified atom stereocenters. The van der Waals surface area contributed by atoms with Gasteiger partial charge in [-0.1, -0.05) is 20.8 Å². The molecule has 0 radical (unpaired) electrons. The minimum Gasteiger partial charge on any atom is -0.408 e. The molecular formula is C11H24O4Si. The quantitative estimate of drug-likeness (QED) is 0.727. The minimum absolute atomic E-state index is 0.0833. The molecule has 5 heteroatoms. The SMILES string of the molecule is CC1OC(O)C(O)C1O[Si](C)(C)C(C)(C)C. The Kier molecular flexibility index (Phi) is 3.87. The summed E-state index contributed by atoms with van der Waals surface area (Å²) in [6.07, 6.45) is -2.75. The van der Waals surface area contributed by atoms with Crippen LogP contribution in [0.3, 0.4) is 0 Å². The molecule has 0 spiro atoms. The van der Waals surface area contributed by atoms with E-state index in [-0.39, 0.29) is 11.1 Å². The largest absolute Gasteiger partial charge is 0.408 e. The van der Waals surface area contributed by atoms with Gasteiger partial charge in [0.05, 0.1) is 6.10 Å². The van der Waals surface area contributed by atoms with Crippen molar-refractivity contribution in [2.45, 2.75) is 70.4 Å². The fourth-order valence-electron chi connectivity index (χ4n) is 1.50. The lowest BCUT2D eigenvalue weighted by atomic mass is 10.2. The normalized spacial score (nSPS) is 36.8. The molecular weight excluding hydrogens is 224 g/mol. The Labute approximate surface area is 98.7 Å². The zero-order chi connectivity index (χ0) is 12.7. The zero-order valence-corrected chi connectivity index (χ0v) is 12.0. The first kappa shape index (κ1) is 14.1. The average Bonchev–Trinajstić information content (AvgIpc) is 2.30.